The zero-order chi connectivity index (χ0) is 21.5. The highest BCUT2D eigenvalue weighted by molar-refractivity contribution is 7.16. The number of hydrogen-bond donors (Lipinski definition) is 2. The van der Waals surface area contributed by atoms with Gasteiger partial charge in [0.05, 0.1) is 6.20 Å². The number of thiazole rings is 1. The average Bonchev–Trinajstić information content (AvgIpc) is 3.21. The van der Waals surface area contributed by atoms with Crippen molar-refractivity contribution in [1.82, 2.24) is 15.2 Å². The second-order valence-corrected chi connectivity index (χ2v) is 8.71. The minimum absolute atomic E-state index is 0.0112. The molecule has 0 aliphatic carbocycles. The van der Waals surface area contributed by atoms with Crippen LogP contribution in [0.15, 0.2) is 30.5 Å². The summed E-state index contributed by atoms with van der Waals surface area (Å²) < 4.78 is 37.4. The van der Waals surface area contributed by atoms with E-state index in [0.717, 1.165) is 25.9 Å². The van der Waals surface area contributed by atoms with Gasteiger partial charge in [-0.3, -0.25) is 14.5 Å². The highest BCUT2D eigenvalue weighted by Crippen LogP contribution is 2.33. The van der Waals surface area contributed by atoms with Crippen molar-refractivity contribution >= 4 is 28.8 Å². The fraction of sp³-hybridized carbons (Fsp3) is 0.450. The van der Waals surface area contributed by atoms with Crippen LogP contribution in [0, 0.1) is 5.92 Å². The summed E-state index contributed by atoms with van der Waals surface area (Å²) in [6.07, 6.45) is -1.32. The molecule has 1 aromatic carbocycles. The van der Waals surface area contributed by atoms with Crippen LogP contribution in [0.2, 0.25) is 0 Å². The molecule has 0 radical (unpaired) electrons. The van der Waals surface area contributed by atoms with Crippen molar-refractivity contribution in [3.8, 4) is 10.6 Å². The van der Waals surface area contributed by atoms with Gasteiger partial charge in [-0.2, -0.15) is 13.2 Å². The van der Waals surface area contributed by atoms with Gasteiger partial charge in [-0.05, 0) is 50.9 Å². The van der Waals surface area contributed by atoms with Gasteiger partial charge in [-0.15, -0.1) is 11.3 Å². The van der Waals surface area contributed by atoms with Gasteiger partial charge in [0.25, 0.3) is 5.91 Å². The van der Waals surface area contributed by atoms with E-state index in [1.54, 1.807) is 6.07 Å². The number of aromatic nitrogens is 1. The number of anilines is 1. The number of carbonyl (C=O) groups is 2. The van der Waals surface area contributed by atoms with Crippen LogP contribution in [0.5, 0.6) is 0 Å². The lowest BCUT2D eigenvalue weighted by molar-refractivity contribution is -0.167. The Kier molecular flexibility index (Phi) is 5.54. The summed E-state index contributed by atoms with van der Waals surface area (Å²) in [5.41, 5.74) is 0.535. The Morgan fingerprint density at radius 2 is 1.97 bits per heavy atom. The van der Waals surface area contributed by atoms with Crippen molar-refractivity contribution in [1.29, 1.82) is 0 Å². The van der Waals surface area contributed by atoms with E-state index >= 15 is 0 Å². The topological polar surface area (TPSA) is 74.3 Å². The largest absolute Gasteiger partial charge is 0.471 e. The molecule has 2 amide bonds. The number of halogens is 3. The van der Waals surface area contributed by atoms with Crippen LogP contribution in [0.25, 0.3) is 10.6 Å². The number of amides is 2. The van der Waals surface area contributed by atoms with E-state index in [1.165, 1.54) is 35.7 Å². The first-order valence-corrected chi connectivity index (χ1v) is 10.5. The van der Waals surface area contributed by atoms with E-state index in [9.17, 15) is 22.8 Å². The minimum Gasteiger partial charge on any atom is -0.347 e. The standard InChI is InChI=1S/C20H21F3N4O2S/c1-11-16(12-5-7-27(11)8-6-12)26-17(28)15-10-24-18(30-15)13-3-2-4-14(9-13)25-19(29)20(21,22)23/h2-4,9-12,16H,5-8H2,1H3,(H,25,29)(H,26,28)/t11-,16+/m1/s1. The summed E-state index contributed by atoms with van der Waals surface area (Å²) in [5, 5.41) is 5.46. The van der Waals surface area contributed by atoms with Crippen LogP contribution in [0.1, 0.15) is 29.4 Å². The number of fused-ring (bicyclic) bond motifs is 3. The SMILES string of the molecule is C[C@@H]1[C@H](NC(=O)c2cnc(-c3cccc(NC(=O)C(F)(F)F)c3)s2)C2CCN1CC2. The third kappa shape index (κ3) is 4.20. The second-order valence-electron chi connectivity index (χ2n) is 7.68. The zero-order valence-electron chi connectivity index (χ0n) is 16.2. The van der Waals surface area contributed by atoms with Crippen LogP contribution in [-0.4, -0.2) is 53.0 Å². The molecule has 4 heterocycles. The van der Waals surface area contributed by atoms with Gasteiger partial charge >= 0.3 is 12.1 Å². The quantitative estimate of drug-likeness (QED) is 0.766. The van der Waals surface area contributed by atoms with E-state index in [2.05, 4.69) is 22.1 Å². The molecule has 3 saturated heterocycles. The van der Waals surface area contributed by atoms with Crippen LogP contribution < -0.4 is 10.6 Å². The first kappa shape index (κ1) is 20.8. The molecule has 2 aromatic rings. The van der Waals surface area contributed by atoms with E-state index < -0.39 is 12.1 Å². The Balaban J connectivity index is 1.46. The van der Waals surface area contributed by atoms with Crippen LogP contribution >= 0.6 is 11.3 Å². The maximum Gasteiger partial charge on any atom is 0.471 e. The summed E-state index contributed by atoms with van der Waals surface area (Å²) >= 11 is 1.17. The van der Waals surface area contributed by atoms with Gasteiger partial charge in [-0.1, -0.05) is 12.1 Å². The summed E-state index contributed by atoms with van der Waals surface area (Å²) in [4.78, 5) is 31.0. The second kappa shape index (κ2) is 7.99. The maximum atomic E-state index is 12.8. The Morgan fingerprint density at radius 3 is 2.63 bits per heavy atom. The number of rotatable bonds is 4. The number of hydrogen-bond acceptors (Lipinski definition) is 5. The third-order valence-electron chi connectivity index (χ3n) is 5.83. The fourth-order valence-corrected chi connectivity index (χ4v) is 5.03. The number of carbonyl (C=O) groups excluding carboxylic acids is 2. The molecule has 3 aliphatic rings. The molecule has 2 N–H and O–H groups in total. The van der Waals surface area contributed by atoms with E-state index in [0.29, 0.717) is 27.4 Å². The van der Waals surface area contributed by atoms with Crippen molar-refractivity contribution in [2.24, 2.45) is 5.92 Å². The summed E-state index contributed by atoms with van der Waals surface area (Å²) in [7, 11) is 0. The summed E-state index contributed by atoms with van der Waals surface area (Å²) in [6, 6.07) is 6.36. The zero-order valence-corrected chi connectivity index (χ0v) is 17.0. The van der Waals surface area contributed by atoms with Crippen molar-refractivity contribution in [3.05, 3.63) is 35.3 Å². The molecule has 1 aromatic heterocycles. The predicted octanol–water partition coefficient (Wildman–Crippen LogP) is 3.52. The van der Waals surface area contributed by atoms with E-state index in [4.69, 9.17) is 0 Å². The van der Waals surface area contributed by atoms with Crippen molar-refractivity contribution in [3.63, 3.8) is 0 Å². The van der Waals surface area contributed by atoms with Gasteiger partial charge in [0.2, 0.25) is 0 Å². The molecule has 2 bridgehead atoms. The van der Waals surface area contributed by atoms with Crippen molar-refractivity contribution in [2.75, 3.05) is 18.4 Å². The minimum atomic E-state index is -4.96. The highest BCUT2D eigenvalue weighted by atomic mass is 32.1. The lowest BCUT2D eigenvalue weighted by atomic mass is 9.79. The van der Waals surface area contributed by atoms with Gasteiger partial charge in [-0.25, -0.2) is 4.98 Å². The van der Waals surface area contributed by atoms with Gasteiger partial charge in [0.1, 0.15) is 9.88 Å². The normalized spacial score (nSPS) is 25.7. The van der Waals surface area contributed by atoms with Crippen molar-refractivity contribution in [2.45, 2.75) is 38.0 Å². The number of benzene rings is 1. The molecule has 0 saturated carbocycles. The number of alkyl halides is 3. The van der Waals surface area contributed by atoms with Crippen LogP contribution in [-0.2, 0) is 4.79 Å². The molecular weight excluding hydrogens is 417 g/mol. The lowest BCUT2D eigenvalue weighted by Gasteiger charge is -2.49. The van der Waals surface area contributed by atoms with Crippen LogP contribution in [0.4, 0.5) is 18.9 Å². The Labute approximate surface area is 175 Å². The highest BCUT2D eigenvalue weighted by Gasteiger charge is 2.41. The number of nitrogens with one attached hydrogen (secondary N) is 2. The first-order chi connectivity index (χ1) is 14.2. The molecule has 6 nitrogen and oxygen atoms in total. The van der Waals surface area contributed by atoms with E-state index in [1.807, 2.05) is 5.32 Å². The molecule has 5 rings (SSSR count). The average molecular weight is 438 g/mol. The smallest absolute Gasteiger partial charge is 0.347 e. The molecule has 2 atom stereocenters. The summed E-state index contributed by atoms with van der Waals surface area (Å²) in [6.45, 7) is 4.28. The maximum absolute atomic E-state index is 12.8. The molecule has 10 heteroatoms. The molecule has 0 unspecified atom stereocenters. The fourth-order valence-electron chi connectivity index (χ4n) is 4.21. The molecule has 160 valence electrons. The Morgan fingerprint density at radius 1 is 1.23 bits per heavy atom. The molecule has 3 aliphatic heterocycles. The predicted molar refractivity (Wildman–Crippen MR) is 107 cm³/mol. The van der Waals surface area contributed by atoms with Gasteiger partial charge < -0.3 is 10.6 Å². The number of piperidine rings is 3. The monoisotopic (exact) mass is 438 g/mol. The molecule has 0 spiro atoms. The van der Waals surface area contributed by atoms with Crippen LogP contribution in [0.3, 0.4) is 0 Å². The summed E-state index contributed by atoms with van der Waals surface area (Å²) in [5.74, 6) is -1.74. The van der Waals surface area contributed by atoms with Gasteiger partial charge in [0, 0.05) is 23.3 Å². The Bertz CT molecular complexity index is 952. The van der Waals surface area contributed by atoms with Crippen molar-refractivity contribution < 1.29 is 22.8 Å². The molecular formula is C20H21F3N4O2S. The lowest BCUT2D eigenvalue weighted by Crippen LogP contribution is -2.62. The third-order valence-corrected chi connectivity index (χ3v) is 6.88. The Hall–Kier alpha value is -2.46. The molecule has 30 heavy (non-hydrogen) atoms. The first-order valence-electron chi connectivity index (χ1n) is 9.72. The number of nitrogens with zero attached hydrogens (tertiary/aromatic N) is 2. The van der Waals surface area contributed by atoms with Gasteiger partial charge in [0.15, 0.2) is 0 Å². The van der Waals surface area contributed by atoms with E-state index in [-0.39, 0.29) is 17.6 Å². The molecule has 3 fully saturated rings.